The third-order valence-electron chi connectivity index (χ3n) is 2.75. The number of imidazole rings is 1. The zero-order valence-electron chi connectivity index (χ0n) is 9.48. The summed E-state index contributed by atoms with van der Waals surface area (Å²) in [5.41, 5.74) is 8.53. The Kier molecular flexibility index (Phi) is 3.10. The molecule has 0 spiro atoms. The van der Waals surface area contributed by atoms with Gasteiger partial charge in [-0.1, -0.05) is 0 Å². The number of aryl methyl sites for hydroxylation is 2. The van der Waals surface area contributed by atoms with E-state index in [1.165, 1.54) is 0 Å². The quantitative estimate of drug-likeness (QED) is 0.607. The first-order valence-corrected chi connectivity index (χ1v) is 5.55. The number of benzene rings is 1. The highest BCUT2D eigenvalue weighted by atomic mass is 16.2. The van der Waals surface area contributed by atoms with Crippen molar-refractivity contribution in [3.8, 4) is 0 Å². The Balaban J connectivity index is 2.32. The highest BCUT2D eigenvalue weighted by molar-refractivity contribution is 5.79. The number of fused-ring (bicyclic) bond motifs is 1. The van der Waals surface area contributed by atoms with E-state index in [2.05, 4.69) is 9.55 Å². The first-order valence-electron chi connectivity index (χ1n) is 5.55. The number of aliphatic hydroxyl groups excluding tert-OH is 1. The van der Waals surface area contributed by atoms with Gasteiger partial charge in [0.25, 0.3) is 0 Å². The van der Waals surface area contributed by atoms with Gasteiger partial charge in [-0.25, -0.2) is 4.98 Å². The van der Waals surface area contributed by atoms with Gasteiger partial charge in [-0.3, -0.25) is 0 Å². The normalized spacial score (nSPS) is 11.1. The van der Waals surface area contributed by atoms with Gasteiger partial charge in [-0.2, -0.15) is 0 Å². The smallest absolute Gasteiger partial charge is 0.106 e. The van der Waals surface area contributed by atoms with Gasteiger partial charge in [0.2, 0.25) is 0 Å². The van der Waals surface area contributed by atoms with E-state index in [0.717, 1.165) is 41.9 Å². The summed E-state index contributed by atoms with van der Waals surface area (Å²) >= 11 is 0. The van der Waals surface area contributed by atoms with Crippen molar-refractivity contribution in [1.29, 1.82) is 0 Å². The highest BCUT2D eigenvalue weighted by Crippen LogP contribution is 2.19. The molecule has 1 heterocycles. The average molecular weight is 219 g/mol. The standard InChI is InChI=1S/C12H17N3O/c1-9-14-11-8-10(13)4-5-12(11)15(9)6-2-3-7-16/h4-5,8,16H,2-3,6-7,13H2,1H3. The van der Waals surface area contributed by atoms with Gasteiger partial charge < -0.3 is 15.4 Å². The molecule has 3 N–H and O–H groups in total. The molecular formula is C12H17N3O. The van der Waals surface area contributed by atoms with Crippen LogP contribution < -0.4 is 5.73 Å². The Bertz CT molecular complexity index is 490. The largest absolute Gasteiger partial charge is 0.399 e. The molecule has 16 heavy (non-hydrogen) atoms. The molecule has 0 aliphatic rings. The lowest BCUT2D eigenvalue weighted by Crippen LogP contribution is -2.01. The fourth-order valence-electron chi connectivity index (χ4n) is 1.93. The minimum absolute atomic E-state index is 0.249. The van der Waals surface area contributed by atoms with E-state index >= 15 is 0 Å². The predicted molar refractivity (Wildman–Crippen MR) is 65.2 cm³/mol. The van der Waals surface area contributed by atoms with Gasteiger partial charge in [-0.05, 0) is 38.0 Å². The number of nitrogens with two attached hydrogens (primary N) is 1. The second kappa shape index (κ2) is 4.53. The van der Waals surface area contributed by atoms with E-state index in [4.69, 9.17) is 10.8 Å². The van der Waals surface area contributed by atoms with Gasteiger partial charge >= 0.3 is 0 Å². The number of nitrogen functional groups attached to an aromatic ring is 1. The van der Waals surface area contributed by atoms with Crippen LogP contribution in [0, 0.1) is 6.92 Å². The van der Waals surface area contributed by atoms with Crippen molar-refractivity contribution in [1.82, 2.24) is 9.55 Å². The summed E-state index contributed by atoms with van der Waals surface area (Å²) in [6, 6.07) is 5.79. The van der Waals surface area contributed by atoms with Crippen molar-refractivity contribution < 1.29 is 5.11 Å². The van der Waals surface area contributed by atoms with Crippen LogP contribution in [0.4, 0.5) is 5.69 Å². The number of hydrogen-bond acceptors (Lipinski definition) is 3. The maximum Gasteiger partial charge on any atom is 0.106 e. The Hall–Kier alpha value is -1.55. The average Bonchev–Trinajstić information content (AvgIpc) is 2.55. The molecule has 0 fully saturated rings. The topological polar surface area (TPSA) is 64.1 Å². The molecule has 4 heteroatoms. The predicted octanol–water partition coefficient (Wildman–Crippen LogP) is 1.70. The summed E-state index contributed by atoms with van der Waals surface area (Å²) < 4.78 is 2.17. The minimum atomic E-state index is 0.249. The van der Waals surface area contributed by atoms with E-state index < -0.39 is 0 Å². The summed E-state index contributed by atoms with van der Waals surface area (Å²) in [7, 11) is 0. The monoisotopic (exact) mass is 219 g/mol. The number of aromatic nitrogens is 2. The number of anilines is 1. The fraction of sp³-hybridized carbons (Fsp3) is 0.417. The molecular weight excluding hydrogens is 202 g/mol. The van der Waals surface area contributed by atoms with Crippen LogP contribution in [0.3, 0.4) is 0 Å². The molecule has 1 aromatic carbocycles. The molecule has 0 saturated carbocycles. The van der Waals surface area contributed by atoms with E-state index in [1.807, 2.05) is 25.1 Å². The third-order valence-corrected chi connectivity index (χ3v) is 2.75. The van der Waals surface area contributed by atoms with Gasteiger partial charge in [0.1, 0.15) is 5.82 Å². The van der Waals surface area contributed by atoms with Crippen LogP contribution in [0.15, 0.2) is 18.2 Å². The molecule has 0 aliphatic heterocycles. The molecule has 2 rings (SSSR count). The van der Waals surface area contributed by atoms with Crippen LogP contribution in [0.2, 0.25) is 0 Å². The molecule has 2 aromatic rings. The van der Waals surface area contributed by atoms with Crippen LogP contribution in [-0.2, 0) is 6.54 Å². The Labute approximate surface area is 94.7 Å². The Morgan fingerprint density at radius 3 is 2.94 bits per heavy atom. The van der Waals surface area contributed by atoms with Crippen LogP contribution >= 0.6 is 0 Å². The van der Waals surface area contributed by atoms with Crippen LogP contribution in [0.5, 0.6) is 0 Å². The van der Waals surface area contributed by atoms with Gasteiger partial charge in [0, 0.05) is 18.8 Å². The first kappa shape index (κ1) is 11.0. The molecule has 0 unspecified atom stereocenters. The van der Waals surface area contributed by atoms with Gasteiger partial charge in [0.15, 0.2) is 0 Å². The fourth-order valence-corrected chi connectivity index (χ4v) is 1.93. The molecule has 0 radical (unpaired) electrons. The van der Waals surface area contributed by atoms with Crippen molar-refractivity contribution in [2.45, 2.75) is 26.3 Å². The molecule has 1 aromatic heterocycles. The first-order chi connectivity index (χ1) is 7.72. The zero-order valence-corrected chi connectivity index (χ0v) is 9.48. The summed E-state index contributed by atoms with van der Waals surface area (Å²) in [6.07, 6.45) is 1.79. The van der Waals surface area contributed by atoms with E-state index in [9.17, 15) is 0 Å². The highest BCUT2D eigenvalue weighted by Gasteiger charge is 2.06. The van der Waals surface area contributed by atoms with Crippen molar-refractivity contribution >= 4 is 16.7 Å². The van der Waals surface area contributed by atoms with Crippen LogP contribution in [0.1, 0.15) is 18.7 Å². The van der Waals surface area contributed by atoms with Crippen molar-refractivity contribution in [3.05, 3.63) is 24.0 Å². The third kappa shape index (κ3) is 2.02. The maximum absolute atomic E-state index is 8.77. The Morgan fingerprint density at radius 2 is 2.19 bits per heavy atom. The molecule has 0 saturated heterocycles. The van der Waals surface area contributed by atoms with Crippen molar-refractivity contribution in [2.24, 2.45) is 0 Å². The number of aliphatic hydroxyl groups is 1. The number of nitrogens with zero attached hydrogens (tertiary/aromatic N) is 2. The van der Waals surface area contributed by atoms with Gasteiger partial charge in [0.05, 0.1) is 11.0 Å². The lowest BCUT2D eigenvalue weighted by Gasteiger charge is -2.05. The van der Waals surface area contributed by atoms with Crippen molar-refractivity contribution in [2.75, 3.05) is 12.3 Å². The molecule has 4 nitrogen and oxygen atoms in total. The van der Waals surface area contributed by atoms with Crippen LogP contribution in [0.25, 0.3) is 11.0 Å². The van der Waals surface area contributed by atoms with Gasteiger partial charge in [-0.15, -0.1) is 0 Å². The molecule has 0 amide bonds. The van der Waals surface area contributed by atoms with E-state index in [1.54, 1.807) is 0 Å². The maximum atomic E-state index is 8.77. The summed E-state index contributed by atoms with van der Waals surface area (Å²) in [5, 5.41) is 8.77. The number of rotatable bonds is 4. The zero-order chi connectivity index (χ0) is 11.5. The number of unbranched alkanes of at least 4 members (excludes halogenated alkanes) is 1. The minimum Gasteiger partial charge on any atom is -0.399 e. The lowest BCUT2D eigenvalue weighted by atomic mass is 10.2. The van der Waals surface area contributed by atoms with Crippen LogP contribution in [-0.4, -0.2) is 21.3 Å². The molecule has 0 atom stereocenters. The molecule has 86 valence electrons. The van der Waals surface area contributed by atoms with E-state index in [-0.39, 0.29) is 6.61 Å². The summed E-state index contributed by atoms with van der Waals surface area (Å²) in [6.45, 7) is 3.14. The second-order valence-corrected chi connectivity index (χ2v) is 3.99. The lowest BCUT2D eigenvalue weighted by molar-refractivity contribution is 0.281. The van der Waals surface area contributed by atoms with Crippen molar-refractivity contribution in [3.63, 3.8) is 0 Å². The Morgan fingerprint density at radius 1 is 1.38 bits per heavy atom. The molecule has 0 bridgehead atoms. The summed E-state index contributed by atoms with van der Waals surface area (Å²) in [5.74, 6) is 0.999. The second-order valence-electron chi connectivity index (χ2n) is 3.99. The number of hydrogen-bond donors (Lipinski definition) is 2. The SMILES string of the molecule is Cc1nc2cc(N)ccc2n1CCCCO. The molecule has 0 aliphatic carbocycles. The van der Waals surface area contributed by atoms with E-state index in [0.29, 0.717) is 0 Å². The summed E-state index contributed by atoms with van der Waals surface area (Å²) in [4.78, 5) is 4.47.